The first-order valence-electron chi connectivity index (χ1n) is 9.92. The van der Waals surface area contributed by atoms with E-state index in [-0.39, 0.29) is 12.3 Å². The van der Waals surface area contributed by atoms with Crippen LogP contribution in [0.25, 0.3) is 21.2 Å². The summed E-state index contributed by atoms with van der Waals surface area (Å²) >= 11 is 1.51. The van der Waals surface area contributed by atoms with E-state index in [0.29, 0.717) is 10.7 Å². The van der Waals surface area contributed by atoms with E-state index in [4.69, 9.17) is 14.1 Å². The molecule has 2 aromatic heterocycles. The van der Waals surface area contributed by atoms with Crippen LogP contribution < -0.4 is 9.64 Å². The molecule has 2 heterocycles. The lowest BCUT2D eigenvalue weighted by Crippen LogP contribution is -2.28. The number of amides is 1. The molecule has 0 unspecified atom stereocenters. The minimum atomic E-state index is -0.0631. The molecule has 0 radical (unpaired) electrons. The van der Waals surface area contributed by atoms with E-state index in [1.165, 1.54) is 11.3 Å². The number of aryl methyl sites for hydroxylation is 1. The predicted octanol–water partition coefficient (Wildman–Crippen LogP) is 6.27. The van der Waals surface area contributed by atoms with Crippen LogP contribution in [-0.4, -0.2) is 18.0 Å². The molecule has 0 spiro atoms. The van der Waals surface area contributed by atoms with Crippen LogP contribution in [0.3, 0.4) is 0 Å². The standard InChI is InChI=1S/C25H20N2O3S/c1-16-7-3-5-9-21(16)27(25-26-20-8-4-6-10-23(20)31-25)24(28)13-17-15-30-22-14-18(29-2)11-12-19(17)22/h3-12,14-15H,13H2,1-2H3. The first-order valence-corrected chi connectivity index (χ1v) is 10.7. The Kier molecular flexibility index (Phi) is 4.92. The first-order chi connectivity index (χ1) is 15.1. The second-order valence-corrected chi connectivity index (χ2v) is 8.29. The minimum Gasteiger partial charge on any atom is -0.497 e. The number of benzene rings is 3. The molecule has 154 valence electrons. The van der Waals surface area contributed by atoms with Crippen molar-refractivity contribution in [1.82, 2.24) is 4.98 Å². The number of nitrogens with zero attached hydrogens (tertiary/aromatic N) is 2. The van der Waals surface area contributed by atoms with Gasteiger partial charge in [-0.1, -0.05) is 41.7 Å². The molecule has 6 heteroatoms. The van der Waals surface area contributed by atoms with Gasteiger partial charge in [-0.3, -0.25) is 9.69 Å². The summed E-state index contributed by atoms with van der Waals surface area (Å²) in [7, 11) is 1.62. The lowest BCUT2D eigenvalue weighted by atomic mass is 10.1. The lowest BCUT2D eigenvalue weighted by molar-refractivity contribution is -0.117. The van der Waals surface area contributed by atoms with Crippen LogP contribution in [0.5, 0.6) is 5.75 Å². The fraction of sp³-hybridized carbons (Fsp3) is 0.120. The number of carbonyl (C=O) groups excluding carboxylic acids is 1. The number of aromatic nitrogens is 1. The third kappa shape index (κ3) is 3.55. The number of ether oxygens (including phenoxy) is 1. The summed E-state index contributed by atoms with van der Waals surface area (Å²) in [6.45, 7) is 2.00. The van der Waals surface area contributed by atoms with E-state index in [1.54, 1.807) is 18.3 Å². The summed E-state index contributed by atoms with van der Waals surface area (Å²) < 4.78 is 12.0. The summed E-state index contributed by atoms with van der Waals surface area (Å²) in [6, 6.07) is 21.4. The third-order valence-electron chi connectivity index (χ3n) is 5.28. The van der Waals surface area contributed by atoms with Crippen molar-refractivity contribution in [2.45, 2.75) is 13.3 Å². The maximum Gasteiger partial charge on any atom is 0.237 e. The zero-order chi connectivity index (χ0) is 21.4. The van der Waals surface area contributed by atoms with E-state index >= 15 is 0 Å². The van der Waals surface area contributed by atoms with Crippen molar-refractivity contribution in [3.8, 4) is 5.75 Å². The molecule has 31 heavy (non-hydrogen) atoms. The number of para-hydroxylation sites is 2. The van der Waals surface area contributed by atoms with E-state index in [2.05, 4.69) is 0 Å². The molecular formula is C25H20N2O3S. The first kappa shape index (κ1) is 19.3. The summed E-state index contributed by atoms with van der Waals surface area (Å²) in [5.41, 5.74) is 4.26. The zero-order valence-corrected chi connectivity index (χ0v) is 18.0. The Hall–Kier alpha value is -3.64. The van der Waals surface area contributed by atoms with Gasteiger partial charge in [-0.25, -0.2) is 4.98 Å². The highest BCUT2D eigenvalue weighted by Gasteiger charge is 2.24. The zero-order valence-electron chi connectivity index (χ0n) is 17.2. The van der Waals surface area contributed by atoms with Gasteiger partial charge in [0.15, 0.2) is 5.13 Å². The van der Waals surface area contributed by atoms with Crippen molar-refractivity contribution in [2.24, 2.45) is 0 Å². The number of fused-ring (bicyclic) bond motifs is 2. The van der Waals surface area contributed by atoms with Crippen LogP contribution in [-0.2, 0) is 11.2 Å². The molecule has 5 nitrogen and oxygen atoms in total. The molecule has 0 saturated carbocycles. The van der Waals surface area contributed by atoms with Gasteiger partial charge < -0.3 is 9.15 Å². The molecule has 0 aliphatic rings. The Labute approximate surface area is 183 Å². The van der Waals surface area contributed by atoms with E-state index in [0.717, 1.165) is 38.2 Å². The van der Waals surface area contributed by atoms with Crippen LogP contribution in [0.1, 0.15) is 11.1 Å². The van der Waals surface area contributed by atoms with Crippen LogP contribution in [0, 0.1) is 6.92 Å². The summed E-state index contributed by atoms with van der Waals surface area (Å²) in [5.74, 6) is 0.655. The molecule has 0 aliphatic heterocycles. The molecule has 0 aliphatic carbocycles. The normalized spacial score (nSPS) is 11.2. The monoisotopic (exact) mass is 428 g/mol. The number of thiazole rings is 1. The molecule has 5 rings (SSSR count). The molecule has 0 bridgehead atoms. The maximum atomic E-state index is 13.6. The van der Waals surface area contributed by atoms with Crippen molar-refractivity contribution in [3.05, 3.63) is 84.1 Å². The van der Waals surface area contributed by atoms with Gasteiger partial charge in [0.2, 0.25) is 5.91 Å². The van der Waals surface area contributed by atoms with E-state index in [9.17, 15) is 4.79 Å². The van der Waals surface area contributed by atoms with E-state index < -0.39 is 0 Å². The Bertz CT molecular complexity index is 1370. The molecule has 0 N–H and O–H groups in total. The van der Waals surface area contributed by atoms with Crippen LogP contribution in [0.2, 0.25) is 0 Å². The van der Waals surface area contributed by atoms with Crippen molar-refractivity contribution < 1.29 is 13.9 Å². The second kappa shape index (κ2) is 7.89. The quantitative estimate of drug-likeness (QED) is 0.331. The molecule has 0 saturated heterocycles. The highest BCUT2D eigenvalue weighted by atomic mass is 32.1. The van der Waals surface area contributed by atoms with Gasteiger partial charge in [0.25, 0.3) is 0 Å². The highest BCUT2D eigenvalue weighted by molar-refractivity contribution is 7.22. The van der Waals surface area contributed by atoms with Gasteiger partial charge in [0.05, 0.1) is 35.7 Å². The number of methoxy groups -OCH3 is 1. The molecule has 0 atom stereocenters. The maximum absolute atomic E-state index is 13.6. The smallest absolute Gasteiger partial charge is 0.237 e. The average molecular weight is 429 g/mol. The molecule has 1 amide bonds. The van der Waals surface area contributed by atoms with Crippen LogP contribution in [0.15, 0.2) is 77.4 Å². The molecule has 3 aromatic carbocycles. The van der Waals surface area contributed by atoms with Gasteiger partial charge in [0, 0.05) is 17.0 Å². The fourth-order valence-electron chi connectivity index (χ4n) is 3.68. The number of furan rings is 1. The SMILES string of the molecule is COc1ccc2c(CC(=O)N(c3nc4ccccc4s3)c3ccccc3C)coc2c1. The second-order valence-electron chi connectivity index (χ2n) is 7.28. The van der Waals surface area contributed by atoms with Crippen molar-refractivity contribution in [2.75, 3.05) is 12.0 Å². The van der Waals surface area contributed by atoms with E-state index in [1.807, 2.05) is 73.7 Å². The number of rotatable bonds is 5. The predicted molar refractivity (Wildman–Crippen MR) is 124 cm³/mol. The van der Waals surface area contributed by atoms with Gasteiger partial charge >= 0.3 is 0 Å². The van der Waals surface area contributed by atoms with Crippen LogP contribution >= 0.6 is 11.3 Å². The van der Waals surface area contributed by atoms with Crippen LogP contribution in [0.4, 0.5) is 10.8 Å². The molecule has 5 aromatic rings. The van der Waals surface area contributed by atoms with Crippen molar-refractivity contribution >= 4 is 49.2 Å². The number of hydrogen-bond acceptors (Lipinski definition) is 5. The minimum absolute atomic E-state index is 0.0631. The Balaban J connectivity index is 1.56. The summed E-state index contributed by atoms with van der Waals surface area (Å²) in [6.07, 6.45) is 1.85. The lowest BCUT2D eigenvalue weighted by Gasteiger charge is -2.21. The number of carbonyl (C=O) groups is 1. The van der Waals surface area contributed by atoms with Crippen molar-refractivity contribution in [1.29, 1.82) is 0 Å². The highest BCUT2D eigenvalue weighted by Crippen LogP contribution is 2.36. The number of anilines is 2. The Morgan fingerprint density at radius 3 is 2.71 bits per heavy atom. The van der Waals surface area contributed by atoms with Crippen molar-refractivity contribution in [3.63, 3.8) is 0 Å². The van der Waals surface area contributed by atoms with Gasteiger partial charge in [-0.15, -0.1) is 0 Å². The Morgan fingerprint density at radius 1 is 1.10 bits per heavy atom. The fourth-order valence-corrected chi connectivity index (χ4v) is 4.68. The summed E-state index contributed by atoms with van der Waals surface area (Å²) in [5, 5.41) is 1.57. The molecular weight excluding hydrogens is 408 g/mol. The van der Waals surface area contributed by atoms with Gasteiger partial charge in [0.1, 0.15) is 11.3 Å². The number of hydrogen-bond donors (Lipinski definition) is 0. The van der Waals surface area contributed by atoms with Gasteiger partial charge in [-0.05, 0) is 42.8 Å². The van der Waals surface area contributed by atoms with Gasteiger partial charge in [-0.2, -0.15) is 0 Å². The summed E-state index contributed by atoms with van der Waals surface area (Å²) in [4.78, 5) is 20.1. The average Bonchev–Trinajstić information content (AvgIpc) is 3.39. The largest absolute Gasteiger partial charge is 0.497 e. The Morgan fingerprint density at radius 2 is 1.90 bits per heavy atom. The molecule has 0 fully saturated rings. The third-order valence-corrected chi connectivity index (χ3v) is 6.31. The topological polar surface area (TPSA) is 55.6 Å².